The summed E-state index contributed by atoms with van der Waals surface area (Å²) in [6.45, 7) is 15.3. The summed E-state index contributed by atoms with van der Waals surface area (Å²) in [5, 5.41) is 41.0. The maximum Gasteiger partial charge on any atom is 0.334 e. The molecule has 120 heavy (non-hydrogen) atoms. The van der Waals surface area contributed by atoms with Gasteiger partial charge in [0.1, 0.15) is 81.5 Å². The maximum absolute atomic E-state index is 15.9. The van der Waals surface area contributed by atoms with Crippen LogP contribution in [-0.4, -0.2) is 59.9 Å². The Balaban J connectivity index is 0.000000182. The molecule has 4 heterocycles. The van der Waals surface area contributed by atoms with Crippen molar-refractivity contribution in [1.82, 2.24) is 19.9 Å². The van der Waals surface area contributed by atoms with Crippen LogP contribution in [0.3, 0.4) is 0 Å². The van der Waals surface area contributed by atoms with Gasteiger partial charge in [0.2, 0.25) is 11.2 Å². The van der Waals surface area contributed by atoms with E-state index in [1.807, 2.05) is 125 Å². The highest BCUT2D eigenvalue weighted by Crippen LogP contribution is 2.53. The second-order valence-corrected chi connectivity index (χ2v) is 39.0. The zero-order valence-electron chi connectivity index (χ0n) is 66.1. The largest absolute Gasteiger partial charge is 0.392 e. The molecule has 12 rings (SSSR count). The third-order valence-electron chi connectivity index (χ3n) is 19.0. The van der Waals surface area contributed by atoms with Gasteiger partial charge < -0.3 is 30.5 Å². The van der Waals surface area contributed by atoms with Crippen molar-refractivity contribution in [3.05, 3.63) is 357 Å². The van der Waals surface area contributed by atoms with Crippen LogP contribution < -0.4 is 11.5 Å². The first-order valence-corrected chi connectivity index (χ1v) is 43.5. The molecule has 624 valence electrons. The third-order valence-corrected chi connectivity index (χ3v) is 20.8. The number of nitrogens with zero attached hydrogens (tertiary/aromatic N) is 6. The van der Waals surface area contributed by atoms with E-state index in [-0.39, 0.29) is 0 Å². The topological polar surface area (TPSA) is 210 Å². The molecule has 0 amide bonds. The minimum Gasteiger partial charge on any atom is -0.392 e. The van der Waals surface area contributed by atoms with Crippen LogP contribution in [0.25, 0.3) is 44.5 Å². The minimum atomic E-state index is -4.04. The normalized spacial score (nSPS) is 14.0. The minimum absolute atomic E-state index is 0.417. The predicted molar refractivity (Wildman–Crippen MR) is 428 cm³/mol. The van der Waals surface area contributed by atoms with E-state index in [1.165, 1.54) is 61.2 Å². The SMILES string of the molecule is Cc1ccc(-c2ccc(C(F)(F)[C@@](C#N)(O[Si](C)(C)C)c3ccc(F)cc3F)nc2)cc1.Cc1ccc(-c2ccc(C(F)(F)[C@@](O)(CN)c3ccc(F)cc3F)nc2)cc1.Cc1ccc(-c2ccc(C(F)(F)[C@](C#N)(O[Si](C)(C)C)c3ccc(F)cc3F)nc2)cc1.Cc1ccc(-c2ccc(C(F)(F)[C@](O)(CN)c3ccc(F)cc3F)nc2)cc1. The molecule has 0 fully saturated rings. The fraction of sp³-hybridized carbons (Fsp3) is 0.222. The Morgan fingerprint density at radius 2 is 0.508 bits per heavy atom. The number of pyridine rings is 4. The number of benzene rings is 8. The van der Waals surface area contributed by atoms with E-state index in [4.69, 9.17) is 20.3 Å². The van der Waals surface area contributed by atoms with Gasteiger partial charge in [-0.3, -0.25) is 19.9 Å². The van der Waals surface area contributed by atoms with Gasteiger partial charge in [-0.1, -0.05) is 156 Å². The van der Waals surface area contributed by atoms with Crippen molar-refractivity contribution >= 4 is 16.6 Å². The van der Waals surface area contributed by atoms with Gasteiger partial charge >= 0.3 is 23.7 Å². The van der Waals surface area contributed by atoms with E-state index in [2.05, 4.69) is 19.9 Å². The highest BCUT2D eigenvalue weighted by atomic mass is 28.4. The second-order valence-electron chi connectivity index (χ2n) is 30.1. The van der Waals surface area contributed by atoms with Crippen LogP contribution >= 0.6 is 0 Å². The molecule has 0 aliphatic carbocycles. The van der Waals surface area contributed by atoms with Crippen LogP contribution in [0.4, 0.5) is 70.2 Å². The molecule has 12 nitrogen and oxygen atoms in total. The van der Waals surface area contributed by atoms with Gasteiger partial charge in [0.05, 0.1) is 0 Å². The monoisotopic (exact) mass is 1700 g/mol. The van der Waals surface area contributed by atoms with E-state index in [0.29, 0.717) is 46.5 Å². The van der Waals surface area contributed by atoms with Crippen molar-refractivity contribution in [2.24, 2.45) is 11.5 Å². The standard InChI is InChI=1S/2C24H22F4N2OSi.2C21H18F4N2O/c2*1-16-5-7-17(8-6-16)18-9-12-22(30-14-18)24(27,28)23(15-29,31-32(2,3)4)20-11-10-19(25)13-21(20)26;2*1-13-2-4-14(5-3-13)15-6-9-19(27-11-15)21(24,25)20(28,12-26)17-8-7-16(22)10-18(17)23/h2*5-14H,1-4H3;2*2-11,28H,12,26H2,1H3/t2*23-;2*20-/m1010/s1. The molecule has 4 aromatic heterocycles. The van der Waals surface area contributed by atoms with Crippen LogP contribution in [0.2, 0.25) is 39.3 Å². The first-order chi connectivity index (χ1) is 56.2. The summed E-state index contributed by atoms with van der Waals surface area (Å²) < 4.78 is 246. The summed E-state index contributed by atoms with van der Waals surface area (Å²) in [6, 6.07) is 50.9. The summed E-state index contributed by atoms with van der Waals surface area (Å²) >= 11 is 0. The number of nitriles is 2. The maximum atomic E-state index is 15.9. The zero-order chi connectivity index (χ0) is 88.5. The molecule has 0 unspecified atom stereocenters. The van der Waals surface area contributed by atoms with Crippen LogP contribution in [0, 0.1) is 96.9 Å². The van der Waals surface area contributed by atoms with Gasteiger partial charge in [-0.2, -0.15) is 45.6 Å². The van der Waals surface area contributed by atoms with Gasteiger partial charge in [0, 0.05) is 107 Å². The lowest BCUT2D eigenvalue weighted by molar-refractivity contribution is -0.193. The molecule has 8 aromatic carbocycles. The van der Waals surface area contributed by atoms with Crippen molar-refractivity contribution in [2.45, 2.75) is 113 Å². The van der Waals surface area contributed by atoms with Crippen molar-refractivity contribution in [3.63, 3.8) is 0 Å². The Bertz CT molecular complexity index is 5300. The van der Waals surface area contributed by atoms with Crippen molar-refractivity contribution in [2.75, 3.05) is 13.1 Å². The molecular weight excluding hydrogens is 1620 g/mol. The van der Waals surface area contributed by atoms with Crippen LogP contribution in [-0.2, 0) is 54.9 Å². The Kier molecular flexibility index (Phi) is 28.1. The Hall–Kier alpha value is -11.6. The van der Waals surface area contributed by atoms with Crippen molar-refractivity contribution < 1.29 is 89.3 Å². The molecule has 6 N–H and O–H groups in total. The molecule has 0 spiro atoms. The smallest absolute Gasteiger partial charge is 0.334 e. The summed E-state index contributed by atoms with van der Waals surface area (Å²) in [6.07, 6.45) is 5.02. The summed E-state index contributed by atoms with van der Waals surface area (Å²) in [5.74, 6) is -25.1. The zero-order valence-corrected chi connectivity index (χ0v) is 68.1. The van der Waals surface area contributed by atoms with E-state index >= 15 is 35.1 Å². The number of rotatable bonds is 22. The van der Waals surface area contributed by atoms with Crippen molar-refractivity contribution in [1.29, 1.82) is 10.5 Å². The van der Waals surface area contributed by atoms with Gasteiger partial charge in [-0.05, 0) is 150 Å². The lowest BCUT2D eigenvalue weighted by atomic mass is 9.84. The molecule has 0 bridgehead atoms. The van der Waals surface area contributed by atoms with Gasteiger partial charge in [0.25, 0.3) is 0 Å². The molecule has 0 aliphatic rings. The molecule has 30 heteroatoms. The van der Waals surface area contributed by atoms with Gasteiger partial charge in [-0.25, -0.2) is 35.1 Å². The highest BCUT2D eigenvalue weighted by Gasteiger charge is 2.64. The first kappa shape index (κ1) is 92.3. The van der Waals surface area contributed by atoms with E-state index in [0.717, 1.165) is 117 Å². The third kappa shape index (κ3) is 19.8. The lowest BCUT2D eigenvalue weighted by Gasteiger charge is -2.39. The number of halogens is 16. The number of alkyl halides is 8. The van der Waals surface area contributed by atoms with Crippen LogP contribution in [0.5, 0.6) is 0 Å². The van der Waals surface area contributed by atoms with E-state index in [9.17, 15) is 55.9 Å². The van der Waals surface area contributed by atoms with Crippen molar-refractivity contribution in [3.8, 4) is 56.6 Å². The van der Waals surface area contributed by atoms with E-state index in [1.54, 1.807) is 39.3 Å². The molecule has 4 atom stereocenters. The Labute approximate surface area is 684 Å². The molecule has 0 aliphatic heterocycles. The van der Waals surface area contributed by atoms with Gasteiger partial charge in [0.15, 0.2) is 27.8 Å². The summed E-state index contributed by atoms with van der Waals surface area (Å²) in [5.41, 5.74) is 2.15. The number of hydrogen-bond donors (Lipinski definition) is 4. The Morgan fingerprint density at radius 3 is 0.683 bits per heavy atom. The average molecular weight is 1700 g/mol. The number of aryl methyl sites for hydroxylation is 4. The number of aromatic nitrogens is 4. The molecule has 0 saturated heterocycles. The lowest BCUT2D eigenvalue weighted by Crippen LogP contribution is -2.51. The first-order valence-electron chi connectivity index (χ1n) is 36.7. The number of aliphatic hydroxyl groups is 2. The number of nitrogens with two attached hydrogens (primary N) is 2. The van der Waals surface area contributed by atoms with Crippen LogP contribution in [0.15, 0.2) is 243 Å². The number of hydrogen-bond acceptors (Lipinski definition) is 12. The van der Waals surface area contributed by atoms with Gasteiger partial charge in [-0.15, -0.1) is 0 Å². The fourth-order valence-electron chi connectivity index (χ4n) is 12.6. The molecule has 0 saturated carbocycles. The fourth-order valence-corrected chi connectivity index (χ4v) is 15.0. The molecule has 12 aromatic rings. The quantitative estimate of drug-likeness (QED) is 0.0369. The summed E-state index contributed by atoms with van der Waals surface area (Å²) in [4.78, 5) is 15.4. The second kappa shape index (κ2) is 36.6. The Morgan fingerprint density at radius 1 is 0.308 bits per heavy atom. The van der Waals surface area contributed by atoms with E-state index < -0.39 is 167 Å². The molecular formula is C90H80F16N8O4Si2. The predicted octanol–water partition coefficient (Wildman–Crippen LogP) is 21.9. The highest BCUT2D eigenvalue weighted by molar-refractivity contribution is 6.70. The average Bonchev–Trinajstić information content (AvgIpc) is 0.720. The van der Waals surface area contributed by atoms with Crippen LogP contribution in [0.1, 0.15) is 67.3 Å². The summed E-state index contributed by atoms with van der Waals surface area (Å²) in [7, 11) is -5.67. The molecule has 0 radical (unpaired) electrons.